The lowest BCUT2D eigenvalue weighted by Crippen LogP contribution is -2.26. The molecule has 2 N–H and O–H groups in total. The molecular formula is C11H21N3O3S. The van der Waals surface area contributed by atoms with E-state index in [1.165, 1.54) is 17.1 Å². The highest BCUT2D eigenvalue weighted by Gasteiger charge is 2.18. The minimum Gasteiger partial charge on any atom is -0.396 e. The van der Waals surface area contributed by atoms with Gasteiger partial charge in [-0.2, -0.15) is 5.10 Å². The number of rotatable bonds is 7. The minimum atomic E-state index is -3.46. The van der Waals surface area contributed by atoms with Crippen LogP contribution >= 0.6 is 0 Å². The molecular weight excluding hydrogens is 254 g/mol. The van der Waals surface area contributed by atoms with E-state index < -0.39 is 10.0 Å². The first-order chi connectivity index (χ1) is 8.27. The van der Waals surface area contributed by atoms with E-state index in [1.54, 1.807) is 7.05 Å². The molecule has 1 rings (SSSR count). The summed E-state index contributed by atoms with van der Waals surface area (Å²) >= 11 is 0. The Labute approximate surface area is 108 Å². The van der Waals surface area contributed by atoms with Gasteiger partial charge < -0.3 is 5.11 Å². The summed E-state index contributed by atoms with van der Waals surface area (Å²) in [6.45, 7) is 4.36. The summed E-state index contributed by atoms with van der Waals surface area (Å²) in [6.07, 6.45) is 4.23. The van der Waals surface area contributed by atoms with E-state index in [-0.39, 0.29) is 16.9 Å². The van der Waals surface area contributed by atoms with Crippen LogP contribution in [0, 0.1) is 5.41 Å². The highest BCUT2D eigenvalue weighted by atomic mass is 32.2. The molecule has 0 saturated carbocycles. The van der Waals surface area contributed by atoms with Gasteiger partial charge in [-0.1, -0.05) is 13.8 Å². The van der Waals surface area contributed by atoms with Gasteiger partial charge >= 0.3 is 0 Å². The van der Waals surface area contributed by atoms with Gasteiger partial charge in [0.2, 0.25) is 10.0 Å². The topological polar surface area (TPSA) is 84.2 Å². The molecule has 0 spiro atoms. The minimum absolute atomic E-state index is 0.0996. The second-order valence-electron chi connectivity index (χ2n) is 5.17. The van der Waals surface area contributed by atoms with Crippen molar-refractivity contribution in [1.82, 2.24) is 14.5 Å². The first-order valence-electron chi connectivity index (χ1n) is 5.86. The van der Waals surface area contributed by atoms with Gasteiger partial charge in [-0.25, -0.2) is 13.1 Å². The van der Waals surface area contributed by atoms with E-state index in [2.05, 4.69) is 9.82 Å². The van der Waals surface area contributed by atoms with Gasteiger partial charge in [0, 0.05) is 26.4 Å². The van der Waals surface area contributed by atoms with Crippen molar-refractivity contribution in [3.05, 3.63) is 12.4 Å². The molecule has 0 atom stereocenters. The average Bonchev–Trinajstić information content (AvgIpc) is 2.72. The molecule has 0 aliphatic rings. The van der Waals surface area contributed by atoms with Crippen LogP contribution in [-0.2, 0) is 17.1 Å². The third kappa shape index (κ3) is 4.40. The maximum Gasteiger partial charge on any atom is 0.243 e. The molecule has 1 aromatic heterocycles. The quantitative estimate of drug-likeness (QED) is 0.710. The highest BCUT2D eigenvalue weighted by molar-refractivity contribution is 7.89. The van der Waals surface area contributed by atoms with Gasteiger partial charge in [0.15, 0.2) is 0 Å². The molecule has 18 heavy (non-hydrogen) atoms. The van der Waals surface area contributed by atoms with Crippen LogP contribution in [0.25, 0.3) is 0 Å². The van der Waals surface area contributed by atoms with E-state index >= 15 is 0 Å². The number of hydrogen-bond donors (Lipinski definition) is 2. The summed E-state index contributed by atoms with van der Waals surface area (Å²) in [7, 11) is -1.79. The summed E-state index contributed by atoms with van der Waals surface area (Å²) in [4.78, 5) is 0.173. The fourth-order valence-electron chi connectivity index (χ4n) is 1.47. The molecule has 0 bridgehead atoms. The fraction of sp³-hybridized carbons (Fsp3) is 0.727. The van der Waals surface area contributed by atoms with Crippen LogP contribution in [-0.4, -0.2) is 36.5 Å². The molecule has 0 amide bonds. The first kappa shape index (κ1) is 15.1. The Morgan fingerprint density at radius 1 is 1.50 bits per heavy atom. The fourth-order valence-corrected chi connectivity index (χ4v) is 2.53. The Morgan fingerprint density at radius 3 is 2.67 bits per heavy atom. The number of aromatic nitrogens is 2. The van der Waals surface area contributed by atoms with Gasteiger partial charge in [-0.15, -0.1) is 0 Å². The number of aryl methyl sites for hydroxylation is 1. The predicted molar refractivity (Wildman–Crippen MR) is 68.5 cm³/mol. The van der Waals surface area contributed by atoms with E-state index in [9.17, 15) is 8.42 Å². The summed E-state index contributed by atoms with van der Waals surface area (Å²) in [6, 6.07) is 0. The monoisotopic (exact) mass is 275 g/mol. The summed E-state index contributed by atoms with van der Waals surface area (Å²) in [5.74, 6) is 0. The van der Waals surface area contributed by atoms with Gasteiger partial charge in [0.05, 0.1) is 6.20 Å². The van der Waals surface area contributed by atoms with Crippen LogP contribution in [0.1, 0.15) is 26.7 Å². The molecule has 0 radical (unpaired) electrons. The SMILES string of the molecule is Cn1cc(S(=O)(=O)NCCCC(C)(C)CO)cn1. The first-order valence-corrected chi connectivity index (χ1v) is 7.34. The highest BCUT2D eigenvalue weighted by Crippen LogP contribution is 2.20. The van der Waals surface area contributed by atoms with Crippen molar-refractivity contribution in [3.63, 3.8) is 0 Å². The third-order valence-electron chi connectivity index (χ3n) is 2.74. The van der Waals surface area contributed by atoms with Crippen molar-refractivity contribution in [2.24, 2.45) is 12.5 Å². The second-order valence-corrected chi connectivity index (χ2v) is 6.94. The number of hydrogen-bond acceptors (Lipinski definition) is 4. The Balaban J connectivity index is 2.44. The Hall–Kier alpha value is -0.920. The van der Waals surface area contributed by atoms with Gasteiger partial charge in [-0.05, 0) is 18.3 Å². The predicted octanol–water partition coefficient (Wildman–Crippen LogP) is 0.497. The van der Waals surface area contributed by atoms with E-state index in [0.717, 1.165) is 6.42 Å². The molecule has 0 aliphatic heterocycles. The summed E-state index contributed by atoms with van der Waals surface area (Å²) < 4.78 is 27.6. The smallest absolute Gasteiger partial charge is 0.243 e. The van der Waals surface area contributed by atoms with Gasteiger partial charge in [0.25, 0.3) is 0 Å². The lowest BCUT2D eigenvalue weighted by Gasteiger charge is -2.21. The van der Waals surface area contributed by atoms with Crippen molar-refractivity contribution < 1.29 is 13.5 Å². The summed E-state index contributed by atoms with van der Waals surface area (Å²) in [5.41, 5.74) is -0.167. The van der Waals surface area contributed by atoms with Crippen molar-refractivity contribution >= 4 is 10.0 Å². The number of aliphatic hydroxyl groups is 1. The molecule has 6 nitrogen and oxygen atoms in total. The van der Waals surface area contributed by atoms with Crippen molar-refractivity contribution in [1.29, 1.82) is 0 Å². The molecule has 0 saturated heterocycles. The Kier molecular flexibility index (Phi) is 4.89. The third-order valence-corrected chi connectivity index (χ3v) is 4.16. The molecule has 104 valence electrons. The Morgan fingerprint density at radius 2 is 2.17 bits per heavy atom. The van der Waals surface area contributed by atoms with E-state index in [4.69, 9.17) is 5.11 Å². The number of aliphatic hydroxyl groups excluding tert-OH is 1. The van der Waals surface area contributed by atoms with E-state index in [1.807, 2.05) is 13.8 Å². The lowest BCUT2D eigenvalue weighted by atomic mass is 9.89. The standard InChI is InChI=1S/C11H21N3O3S/c1-11(2,9-15)5-4-6-13-18(16,17)10-7-12-14(3)8-10/h7-8,13,15H,4-6,9H2,1-3H3. The molecule has 1 aromatic rings. The molecule has 7 heteroatoms. The van der Waals surface area contributed by atoms with Crippen molar-refractivity contribution in [3.8, 4) is 0 Å². The van der Waals surface area contributed by atoms with Crippen LogP contribution < -0.4 is 4.72 Å². The molecule has 0 aromatic carbocycles. The zero-order chi connectivity index (χ0) is 13.8. The van der Waals surface area contributed by atoms with Crippen LogP contribution in [0.4, 0.5) is 0 Å². The zero-order valence-electron chi connectivity index (χ0n) is 11.0. The largest absolute Gasteiger partial charge is 0.396 e. The lowest BCUT2D eigenvalue weighted by molar-refractivity contribution is 0.148. The van der Waals surface area contributed by atoms with Crippen molar-refractivity contribution in [2.75, 3.05) is 13.2 Å². The maximum atomic E-state index is 11.8. The van der Waals surface area contributed by atoms with Crippen molar-refractivity contribution in [2.45, 2.75) is 31.6 Å². The second kappa shape index (κ2) is 5.81. The maximum absolute atomic E-state index is 11.8. The summed E-state index contributed by atoms with van der Waals surface area (Å²) in [5, 5.41) is 12.9. The average molecular weight is 275 g/mol. The number of nitrogens with one attached hydrogen (secondary N) is 1. The molecule has 0 aliphatic carbocycles. The molecule has 0 fully saturated rings. The Bertz CT molecular complexity index is 479. The van der Waals surface area contributed by atoms with Gasteiger partial charge in [0.1, 0.15) is 4.90 Å². The van der Waals surface area contributed by atoms with Crippen LogP contribution in [0.15, 0.2) is 17.3 Å². The normalized spacial score (nSPS) is 12.9. The number of nitrogens with zero attached hydrogens (tertiary/aromatic N) is 2. The van der Waals surface area contributed by atoms with Crippen LogP contribution in [0.3, 0.4) is 0 Å². The van der Waals surface area contributed by atoms with Gasteiger partial charge in [-0.3, -0.25) is 4.68 Å². The number of sulfonamides is 1. The van der Waals surface area contributed by atoms with Crippen LogP contribution in [0.5, 0.6) is 0 Å². The van der Waals surface area contributed by atoms with Crippen LogP contribution in [0.2, 0.25) is 0 Å². The zero-order valence-corrected chi connectivity index (χ0v) is 11.9. The van der Waals surface area contributed by atoms with E-state index in [0.29, 0.717) is 13.0 Å². The molecule has 0 unspecified atom stereocenters. The molecule has 1 heterocycles.